The standard InChI is InChI=1S/C20H14ClN3O3/c21-16-4-2-1-3-13(16)11-18-19(26)14-5-6-17(25)15(20(14)27-18)12-24(9-7-22)10-8-23/h1-6,11,25H,9-10,12H2/b18-11+. The van der Waals surface area contributed by atoms with E-state index in [0.29, 0.717) is 21.7 Å². The van der Waals surface area contributed by atoms with Gasteiger partial charge in [0, 0.05) is 11.6 Å². The summed E-state index contributed by atoms with van der Waals surface area (Å²) in [4.78, 5) is 14.2. The summed E-state index contributed by atoms with van der Waals surface area (Å²) in [5.74, 6) is -0.0593. The van der Waals surface area contributed by atoms with E-state index in [1.807, 2.05) is 12.1 Å². The van der Waals surface area contributed by atoms with Crippen molar-refractivity contribution in [1.29, 1.82) is 10.5 Å². The van der Waals surface area contributed by atoms with E-state index in [1.54, 1.807) is 35.2 Å². The van der Waals surface area contributed by atoms with Crippen LogP contribution in [-0.2, 0) is 6.54 Å². The number of fused-ring (bicyclic) bond motifs is 1. The number of benzene rings is 2. The molecule has 134 valence electrons. The highest BCUT2D eigenvalue weighted by molar-refractivity contribution is 6.32. The van der Waals surface area contributed by atoms with Crippen LogP contribution in [0.25, 0.3) is 6.08 Å². The molecule has 27 heavy (non-hydrogen) atoms. The van der Waals surface area contributed by atoms with Crippen molar-refractivity contribution >= 4 is 23.5 Å². The molecule has 0 fully saturated rings. The highest BCUT2D eigenvalue weighted by Gasteiger charge is 2.31. The van der Waals surface area contributed by atoms with Gasteiger partial charge in [-0.1, -0.05) is 29.8 Å². The Bertz CT molecular complexity index is 1000. The first-order chi connectivity index (χ1) is 13.0. The van der Waals surface area contributed by atoms with Crippen molar-refractivity contribution in [3.63, 3.8) is 0 Å². The van der Waals surface area contributed by atoms with Crippen LogP contribution in [0.3, 0.4) is 0 Å². The third kappa shape index (κ3) is 3.78. The van der Waals surface area contributed by atoms with E-state index in [4.69, 9.17) is 26.9 Å². The molecular weight excluding hydrogens is 366 g/mol. The lowest BCUT2D eigenvalue weighted by Crippen LogP contribution is -2.24. The van der Waals surface area contributed by atoms with Gasteiger partial charge in [0.05, 0.1) is 36.4 Å². The maximum Gasteiger partial charge on any atom is 0.231 e. The highest BCUT2D eigenvalue weighted by Crippen LogP contribution is 2.40. The molecule has 2 aromatic rings. The number of hydrogen-bond donors (Lipinski definition) is 1. The molecule has 0 aromatic heterocycles. The fourth-order valence-corrected chi connectivity index (χ4v) is 2.96. The van der Waals surface area contributed by atoms with Crippen LogP contribution < -0.4 is 4.74 Å². The zero-order valence-electron chi connectivity index (χ0n) is 14.1. The summed E-state index contributed by atoms with van der Waals surface area (Å²) in [6.07, 6.45) is 1.55. The van der Waals surface area contributed by atoms with Crippen LogP contribution in [0, 0.1) is 22.7 Å². The lowest BCUT2D eigenvalue weighted by molar-refractivity contribution is 0.101. The van der Waals surface area contributed by atoms with Crippen LogP contribution in [-0.4, -0.2) is 28.9 Å². The quantitative estimate of drug-likeness (QED) is 0.630. The van der Waals surface area contributed by atoms with Crippen LogP contribution in [0.2, 0.25) is 5.02 Å². The van der Waals surface area contributed by atoms with Crippen LogP contribution in [0.15, 0.2) is 42.2 Å². The topological polar surface area (TPSA) is 97.3 Å². The summed E-state index contributed by atoms with van der Waals surface area (Å²) in [5, 5.41) is 28.5. The minimum atomic E-state index is -0.321. The van der Waals surface area contributed by atoms with Gasteiger partial charge in [-0.25, -0.2) is 0 Å². The van der Waals surface area contributed by atoms with Crippen LogP contribution in [0.5, 0.6) is 11.5 Å². The molecule has 6 nitrogen and oxygen atoms in total. The number of allylic oxidation sites excluding steroid dienone is 1. The van der Waals surface area contributed by atoms with Crippen molar-refractivity contribution in [1.82, 2.24) is 4.90 Å². The second kappa shape index (κ2) is 7.92. The molecule has 0 saturated carbocycles. The molecule has 0 bridgehead atoms. The SMILES string of the molecule is N#CCN(CC#N)Cc1c(O)ccc2c1O/C(=C/c1ccccc1Cl)C2=O. The minimum Gasteiger partial charge on any atom is -0.507 e. The second-order valence-corrected chi connectivity index (χ2v) is 6.27. The van der Waals surface area contributed by atoms with Crippen molar-refractivity contribution < 1.29 is 14.6 Å². The maximum absolute atomic E-state index is 12.7. The number of hydrogen-bond acceptors (Lipinski definition) is 6. The number of ether oxygens (including phenoxy) is 1. The molecule has 0 atom stereocenters. The van der Waals surface area contributed by atoms with Gasteiger partial charge in [-0.15, -0.1) is 0 Å². The van der Waals surface area contributed by atoms with Crippen molar-refractivity contribution in [2.24, 2.45) is 0 Å². The summed E-state index contributed by atoms with van der Waals surface area (Å²) in [7, 11) is 0. The summed E-state index contributed by atoms with van der Waals surface area (Å²) < 4.78 is 5.75. The minimum absolute atomic E-state index is 0.00688. The number of aromatic hydroxyl groups is 1. The molecule has 3 rings (SSSR count). The Morgan fingerprint density at radius 2 is 1.85 bits per heavy atom. The lowest BCUT2D eigenvalue weighted by atomic mass is 10.0. The van der Waals surface area contributed by atoms with Gasteiger partial charge < -0.3 is 9.84 Å². The number of carbonyl (C=O) groups excluding carboxylic acids is 1. The van der Waals surface area contributed by atoms with Crippen molar-refractivity contribution in [3.05, 3.63) is 63.9 Å². The first kappa shape index (κ1) is 18.5. The highest BCUT2D eigenvalue weighted by atomic mass is 35.5. The molecule has 0 saturated heterocycles. The van der Waals surface area contributed by atoms with Gasteiger partial charge in [-0.05, 0) is 29.8 Å². The Balaban J connectivity index is 1.98. The van der Waals surface area contributed by atoms with Crippen molar-refractivity contribution in [3.8, 4) is 23.6 Å². The summed E-state index contributed by atoms with van der Waals surface area (Å²) in [6, 6.07) is 13.9. The number of Topliss-reactive ketones (excluding diaryl/α,β-unsaturated/α-hetero) is 1. The lowest BCUT2D eigenvalue weighted by Gasteiger charge is -2.17. The predicted molar refractivity (Wildman–Crippen MR) is 99.0 cm³/mol. The Morgan fingerprint density at radius 1 is 1.15 bits per heavy atom. The number of nitrogens with zero attached hydrogens (tertiary/aromatic N) is 3. The zero-order chi connectivity index (χ0) is 19.4. The molecule has 1 aliphatic rings. The molecule has 1 heterocycles. The summed E-state index contributed by atoms with van der Waals surface area (Å²) >= 11 is 6.14. The Morgan fingerprint density at radius 3 is 2.52 bits per heavy atom. The van der Waals surface area contributed by atoms with E-state index < -0.39 is 0 Å². The molecule has 7 heteroatoms. The average molecular weight is 380 g/mol. The van der Waals surface area contributed by atoms with Gasteiger partial charge >= 0.3 is 0 Å². The van der Waals surface area contributed by atoms with Crippen LogP contribution in [0.1, 0.15) is 21.5 Å². The number of halogens is 1. The summed E-state index contributed by atoms with van der Waals surface area (Å²) in [6.45, 7) is 0.114. The Hall–Kier alpha value is -3.32. The smallest absolute Gasteiger partial charge is 0.231 e. The van der Waals surface area contributed by atoms with E-state index in [2.05, 4.69) is 0 Å². The number of phenolic OH excluding ortho intramolecular Hbond substituents is 1. The fraction of sp³-hybridized carbons (Fsp3) is 0.150. The normalized spacial score (nSPS) is 13.9. The Kier molecular flexibility index (Phi) is 5.42. The van der Waals surface area contributed by atoms with E-state index in [9.17, 15) is 9.90 Å². The number of ketones is 1. The third-order valence-electron chi connectivity index (χ3n) is 4.08. The molecular formula is C20H14ClN3O3. The first-order valence-electron chi connectivity index (χ1n) is 8.05. The number of phenols is 1. The first-order valence-corrected chi connectivity index (χ1v) is 8.42. The van der Waals surface area contributed by atoms with Gasteiger partial charge in [0.15, 0.2) is 5.76 Å². The van der Waals surface area contributed by atoms with Crippen LogP contribution in [0.4, 0.5) is 0 Å². The van der Waals surface area contributed by atoms with Gasteiger partial charge in [0.2, 0.25) is 5.78 Å². The molecule has 1 aliphatic heterocycles. The monoisotopic (exact) mass is 379 g/mol. The van der Waals surface area contributed by atoms with E-state index in [-0.39, 0.29) is 42.7 Å². The predicted octanol–water partition coefficient (Wildman–Crippen LogP) is 3.51. The van der Waals surface area contributed by atoms with Gasteiger partial charge in [-0.3, -0.25) is 9.69 Å². The molecule has 2 aromatic carbocycles. The zero-order valence-corrected chi connectivity index (χ0v) is 14.9. The number of rotatable bonds is 5. The fourth-order valence-electron chi connectivity index (χ4n) is 2.77. The molecule has 0 radical (unpaired) electrons. The third-order valence-corrected chi connectivity index (χ3v) is 4.42. The number of carbonyl (C=O) groups is 1. The molecule has 0 amide bonds. The van der Waals surface area contributed by atoms with Gasteiger partial charge in [0.25, 0.3) is 0 Å². The molecule has 0 spiro atoms. The van der Waals surface area contributed by atoms with Crippen molar-refractivity contribution in [2.45, 2.75) is 6.54 Å². The van der Waals surface area contributed by atoms with E-state index in [0.717, 1.165) is 0 Å². The van der Waals surface area contributed by atoms with Crippen LogP contribution >= 0.6 is 11.6 Å². The molecule has 0 aliphatic carbocycles. The van der Waals surface area contributed by atoms with Gasteiger partial charge in [-0.2, -0.15) is 10.5 Å². The Labute approximate surface area is 161 Å². The second-order valence-electron chi connectivity index (χ2n) is 5.86. The average Bonchev–Trinajstić information content (AvgIpc) is 2.96. The van der Waals surface area contributed by atoms with Gasteiger partial charge in [0.1, 0.15) is 11.5 Å². The molecule has 1 N–H and O–H groups in total. The van der Waals surface area contributed by atoms with E-state index >= 15 is 0 Å². The van der Waals surface area contributed by atoms with E-state index in [1.165, 1.54) is 12.1 Å². The number of nitriles is 2. The maximum atomic E-state index is 12.7. The summed E-state index contributed by atoms with van der Waals surface area (Å²) in [5.41, 5.74) is 1.31. The largest absolute Gasteiger partial charge is 0.507 e. The van der Waals surface area contributed by atoms with Crippen molar-refractivity contribution in [2.75, 3.05) is 13.1 Å². The molecule has 0 unspecified atom stereocenters.